The molecule has 3 N–H and O–H groups in total. The summed E-state index contributed by atoms with van der Waals surface area (Å²) >= 11 is 6.26. The summed E-state index contributed by atoms with van der Waals surface area (Å²) in [5, 5.41) is 17.7. The zero-order valence-corrected chi connectivity index (χ0v) is 15.0. The molecule has 134 valence electrons. The number of carbonyl (C=O) groups excluding carboxylic acids is 1. The molecule has 0 aliphatic carbocycles. The van der Waals surface area contributed by atoms with Crippen molar-refractivity contribution in [2.75, 3.05) is 11.9 Å². The summed E-state index contributed by atoms with van der Waals surface area (Å²) in [6.07, 6.45) is 2.74. The summed E-state index contributed by atoms with van der Waals surface area (Å²) in [5.41, 5.74) is 1.99. The van der Waals surface area contributed by atoms with E-state index in [1.54, 1.807) is 18.3 Å². The van der Waals surface area contributed by atoms with E-state index in [9.17, 15) is 9.90 Å². The molecule has 3 rings (SSSR count). The van der Waals surface area contributed by atoms with E-state index in [1.165, 1.54) is 0 Å². The fourth-order valence-corrected chi connectivity index (χ4v) is 3.00. The molecular formula is C20H20ClN3O2. The summed E-state index contributed by atoms with van der Waals surface area (Å²) in [7, 11) is 0. The van der Waals surface area contributed by atoms with Crippen LogP contribution in [0.5, 0.6) is 5.75 Å². The number of hydrogen-bond donors (Lipinski definition) is 3. The van der Waals surface area contributed by atoms with Gasteiger partial charge in [0.15, 0.2) is 0 Å². The van der Waals surface area contributed by atoms with E-state index < -0.39 is 0 Å². The van der Waals surface area contributed by atoms with Gasteiger partial charge in [0.05, 0.1) is 5.02 Å². The van der Waals surface area contributed by atoms with Crippen molar-refractivity contribution < 1.29 is 9.90 Å². The van der Waals surface area contributed by atoms with Crippen LogP contribution in [0.2, 0.25) is 5.02 Å². The van der Waals surface area contributed by atoms with Crippen molar-refractivity contribution in [2.45, 2.75) is 19.4 Å². The third-order valence-electron chi connectivity index (χ3n) is 4.02. The second kappa shape index (κ2) is 8.65. The Morgan fingerprint density at radius 1 is 1.15 bits per heavy atom. The van der Waals surface area contributed by atoms with Crippen molar-refractivity contribution in [1.82, 2.24) is 10.3 Å². The van der Waals surface area contributed by atoms with Crippen LogP contribution in [0.4, 0.5) is 5.69 Å². The number of para-hydroxylation sites is 1. The maximum absolute atomic E-state index is 11.9. The van der Waals surface area contributed by atoms with Gasteiger partial charge in [0.1, 0.15) is 11.3 Å². The van der Waals surface area contributed by atoms with E-state index in [4.69, 9.17) is 11.6 Å². The summed E-state index contributed by atoms with van der Waals surface area (Å²) < 4.78 is 0. The van der Waals surface area contributed by atoms with Crippen molar-refractivity contribution in [1.29, 1.82) is 0 Å². The van der Waals surface area contributed by atoms with Crippen LogP contribution in [0.3, 0.4) is 0 Å². The van der Waals surface area contributed by atoms with Gasteiger partial charge in [-0.05, 0) is 43.3 Å². The summed E-state index contributed by atoms with van der Waals surface area (Å²) in [6, 6.07) is 14.7. The van der Waals surface area contributed by atoms with Crippen LogP contribution in [0.15, 0.2) is 54.7 Å². The van der Waals surface area contributed by atoms with E-state index >= 15 is 0 Å². The number of pyridine rings is 1. The number of nitrogens with one attached hydrogen (secondary N) is 2. The predicted octanol–water partition coefficient (Wildman–Crippen LogP) is 4.10. The van der Waals surface area contributed by atoms with E-state index in [2.05, 4.69) is 15.6 Å². The molecule has 5 nitrogen and oxygen atoms in total. The van der Waals surface area contributed by atoms with E-state index in [1.807, 2.05) is 36.4 Å². The van der Waals surface area contributed by atoms with Gasteiger partial charge in [-0.15, -0.1) is 0 Å². The third-order valence-corrected chi connectivity index (χ3v) is 4.34. The average Bonchev–Trinajstić information content (AvgIpc) is 2.66. The maximum atomic E-state index is 11.9. The lowest BCUT2D eigenvalue weighted by Gasteiger charge is -2.10. The van der Waals surface area contributed by atoms with Crippen molar-refractivity contribution >= 4 is 34.1 Å². The number of phenols is 1. The fourth-order valence-electron chi connectivity index (χ4n) is 2.71. The number of amides is 1. The lowest BCUT2D eigenvalue weighted by Crippen LogP contribution is -2.18. The fraction of sp³-hybridized carbons (Fsp3) is 0.200. The molecule has 0 fully saturated rings. The molecule has 0 saturated heterocycles. The van der Waals surface area contributed by atoms with Gasteiger partial charge in [0, 0.05) is 35.8 Å². The van der Waals surface area contributed by atoms with Crippen LogP contribution < -0.4 is 10.6 Å². The smallest absolute Gasteiger partial charge is 0.224 e. The quantitative estimate of drug-likeness (QED) is 0.548. The molecule has 0 aliphatic rings. The second-order valence-electron chi connectivity index (χ2n) is 5.96. The highest BCUT2D eigenvalue weighted by Crippen LogP contribution is 2.32. The Morgan fingerprint density at radius 2 is 1.96 bits per heavy atom. The van der Waals surface area contributed by atoms with Crippen LogP contribution in [0, 0.1) is 0 Å². The number of nitrogens with zero attached hydrogens (tertiary/aromatic N) is 1. The molecule has 0 saturated carbocycles. The molecule has 1 amide bonds. The Hall–Kier alpha value is -2.63. The molecule has 0 unspecified atom stereocenters. The Kier molecular flexibility index (Phi) is 6.04. The molecule has 3 aromatic rings. The number of phenolic OH excluding ortho intramolecular Hbond substituents is 1. The minimum atomic E-state index is -0.0150. The van der Waals surface area contributed by atoms with Gasteiger partial charge in [-0.1, -0.05) is 29.8 Å². The highest BCUT2D eigenvalue weighted by atomic mass is 35.5. The normalized spacial score (nSPS) is 10.8. The first-order valence-electron chi connectivity index (χ1n) is 8.46. The molecular weight excluding hydrogens is 350 g/mol. The summed E-state index contributed by atoms with van der Waals surface area (Å²) in [5.74, 6) is 0.123. The third kappa shape index (κ3) is 4.50. The van der Waals surface area contributed by atoms with E-state index in [-0.39, 0.29) is 11.7 Å². The number of anilines is 1. The van der Waals surface area contributed by atoms with Gasteiger partial charge in [0.25, 0.3) is 0 Å². The van der Waals surface area contributed by atoms with Crippen LogP contribution in [-0.4, -0.2) is 22.5 Å². The van der Waals surface area contributed by atoms with Crippen LogP contribution in [0.25, 0.3) is 10.9 Å². The largest absolute Gasteiger partial charge is 0.505 e. The Morgan fingerprint density at radius 3 is 2.77 bits per heavy atom. The highest BCUT2D eigenvalue weighted by Gasteiger charge is 2.11. The second-order valence-corrected chi connectivity index (χ2v) is 6.37. The molecule has 0 radical (unpaired) electrons. The highest BCUT2D eigenvalue weighted by molar-refractivity contribution is 6.35. The minimum Gasteiger partial charge on any atom is -0.505 e. The van der Waals surface area contributed by atoms with Gasteiger partial charge < -0.3 is 15.7 Å². The Balaban J connectivity index is 1.47. The first kappa shape index (κ1) is 18.2. The monoisotopic (exact) mass is 369 g/mol. The van der Waals surface area contributed by atoms with Crippen molar-refractivity contribution in [3.05, 3.63) is 65.3 Å². The van der Waals surface area contributed by atoms with Gasteiger partial charge >= 0.3 is 0 Å². The SMILES string of the molecule is O=C(CCCNCc1cc(Cl)c2cccnc2c1O)Nc1ccccc1. The summed E-state index contributed by atoms with van der Waals surface area (Å²) in [4.78, 5) is 16.1. The zero-order valence-electron chi connectivity index (χ0n) is 14.2. The van der Waals surface area contributed by atoms with Crippen molar-refractivity contribution in [2.24, 2.45) is 0 Å². The van der Waals surface area contributed by atoms with Crippen LogP contribution >= 0.6 is 11.6 Å². The number of aromatic nitrogens is 1. The average molecular weight is 370 g/mol. The number of halogens is 1. The van der Waals surface area contributed by atoms with Gasteiger partial charge in [-0.2, -0.15) is 0 Å². The molecule has 0 atom stereocenters. The standard InChI is InChI=1S/C20H20ClN3O2/c21-17-12-14(20(26)19-16(17)8-4-11-23-19)13-22-10-5-9-18(25)24-15-6-2-1-3-7-15/h1-4,6-8,11-12,22,26H,5,9-10,13H2,(H,24,25). The van der Waals surface area contributed by atoms with Gasteiger partial charge in [-0.3, -0.25) is 9.78 Å². The molecule has 26 heavy (non-hydrogen) atoms. The molecule has 1 heterocycles. The number of benzene rings is 2. The molecule has 0 spiro atoms. The Labute approximate surface area is 157 Å². The lowest BCUT2D eigenvalue weighted by molar-refractivity contribution is -0.116. The van der Waals surface area contributed by atoms with E-state index in [0.717, 1.165) is 11.1 Å². The number of hydrogen-bond acceptors (Lipinski definition) is 4. The maximum Gasteiger partial charge on any atom is 0.224 e. The number of fused-ring (bicyclic) bond motifs is 1. The Bertz CT molecular complexity index is 900. The predicted molar refractivity (Wildman–Crippen MR) is 104 cm³/mol. The first-order chi connectivity index (χ1) is 12.6. The van der Waals surface area contributed by atoms with Crippen LogP contribution in [-0.2, 0) is 11.3 Å². The number of rotatable bonds is 7. The zero-order chi connectivity index (χ0) is 18.4. The van der Waals surface area contributed by atoms with Crippen LogP contribution in [0.1, 0.15) is 18.4 Å². The molecule has 0 aliphatic heterocycles. The molecule has 0 bridgehead atoms. The van der Waals surface area contributed by atoms with Crippen molar-refractivity contribution in [3.63, 3.8) is 0 Å². The topological polar surface area (TPSA) is 74.2 Å². The van der Waals surface area contributed by atoms with E-state index in [0.29, 0.717) is 42.0 Å². The molecule has 6 heteroatoms. The lowest BCUT2D eigenvalue weighted by atomic mass is 10.1. The molecule has 1 aromatic heterocycles. The minimum absolute atomic E-state index is 0.0150. The van der Waals surface area contributed by atoms with Crippen molar-refractivity contribution in [3.8, 4) is 5.75 Å². The van der Waals surface area contributed by atoms with Gasteiger partial charge in [0.2, 0.25) is 5.91 Å². The first-order valence-corrected chi connectivity index (χ1v) is 8.83. The summed E-state index contributed by atoms with van der Waals surface area (Å²) in [6.45, 7) is 1.11. The number of aromatic hydroxyl groups is 1. The number of carbonyl (C=O) groups is 1. The van der Waals surface area contributed by atoms with Gasteiger partial charge in [-0.25, -0.2) is 0 Å². The molecule has 2 aromatic carbocycles.